The van der Waals surface area contributed by atoms with Gasteiger partial charge in [0.15, 0.2) is 0 Å². The van der Waals surface area contributed by atoms with Crippen molar-refractivity contribution >= 4 is 27.5 Å². The van der Waals surface area contributed by atoms with Gasteiger partial charge in [0, 0.05) is 22.7 Å². The molecule has 1 saturated carbocycles. The zero-order valence-electron chi connectivity index (χ0n) is 9.45. The van der Waals surface area contributed by atoms with Crippen molar-refractivity contribution < 1.29 is 4.79 Å². The van der Waals surface area contributed by atoms with Gasteiger partial charge in [-0.1, -0.05) is 15.9 Å². The molecule has 1 unspecified atom stereocenters. The summed E-state index contributed by atoms with van der Waals surface area (Å²) in [5, 5.41) is 3.32. The predicted octanol–water partition coefficient (Wildman–Crippen LogP) is 1.70. The van der Waals surface area contributed by atoms with Crippen LogP contribution in [-0.4, -0.2) is 18.5 Å². The number of amides is 1. The first kappa shape index (κ1) is 12.4. The number of anilines is 1. The molecule has 0 radical (unpaired) electrons. The van der Waals surface area contributed by atoms with E-state index in [1.54, 1.807) is 6.07 Å². The third-order valence-corrected chi connectivity index (χ3v) is 3.53. The summed E-state index contributed by atoms with van der Waals surface area (Å²) in [6, 6.07) is 5.70. The lowest BCUT2D eigenvalue weighted by molar-refractivity contribution is 0.100. The number of nitrogens with one attached hydrogen (secondary N) is 1. The largest absolute Gasteiger partial charge is 0.380 e. The van der Waals surface area contributed by atoms with E-state index in [-0.39, 0.29) is 6.04 Å². The summed E-state index contributed by atoms with van der Waals surface area (Å²) in [6.07, 6.45) is 2.41. The lowest BCUT2D eigenvalue weighted by Crippen LogP contribution is -2.31. The minimum Gasteiger partial charge on any atom is -0.380 e. The van der Waals surface area contributed by atoms with Gasteiger partial charge in [0.1, 0.15) is 0 Å². The first-order chi connectivity index (χ1) is 8.11. The summed E-state index contributed by atoms with van der Waals surface area (Å²) in [4.78, 5) is 11.4. The molecule has 92 valence electrons. The van der Waals surface area contributed by atoms with E-state index in [1.807, 2.05) is 12.1 Å². The molecule has 1 fully saturated rings. The van der Waals surface area contributed by atoms with Crippen molar-refractivity contribution in [2.45, 2.75) is 18.9 Å². The minimum atomic E-state index is -0.430. The molecule has 0 heterocycles. The topological polar surface area (TPSA) is 81.1 Å². The Morgan fingerprint density at radius 1 is 1.53 bits per heavy atom. The molecule has 5 heteroatoms. The maximum absolute atomic E-state index is 11.4. The quantitative estimate of drug-likeness (QED) is 0.774. The molecule has 0 aromatic heterocycles. The van der Waals surface area contributed by atoms with Gasteiger partial charge in [0.05, 0.1) is 5.56 Å². The van der Waals surface area contributed by atoms with Crippen LogP contribution in [0.25, 0.3) is 0 Å². The van der Waals surface area contributed by atoms with Crippen molar-refractivity contribution in [3.8, 4) is 0 Å². The molecule has 1 amide bonds. The van der Waals surface area contributed by atoms with Crippen molar-refractivity contribution in [2.75, 3.05) is 11.9 Å². The fourth-order valence-electron chi connectivity index (χ4n) is 1.91. The van der Waals surface area contributed by atoms with Crippen LogP contribution in [0.3, 0.4) is 0 Å². The van der Waals surface area contributed by atoms with Crippen molar-refractivity contribution in [1.82, 2.24) is 0 Å². The number of nitrogens with two attached hydrogens (primary N) is 2. The zero-order chi connectivity index (χ0) is 12.4. The smallest absolute Gasteiger partial charge is 0.250 e. The van der Waals surface area contributed by atoms with Gasteiger partial charge in [0.25, 0.3) is 5.91 Å². The molecule has 1 aliphatic carbocycles. The van der Waals surface area contributed by atoms with E-state index >= 15 is 0 Å². The Morgan fingerprint density at radius 3 is 2.76 bits per heavy atom. The van der Waals surface area contributed by atoms with Crippen LogP contribution in [0.15, 0.2) is 22.7 Å². The number of hydrogen-bond acceptors (Lipinski definition) is 3. The van der Waals surface area contributed by atoms with Crippen LogP contribution >= 0.6 is 15.9 Å². The molecular weight excluding hydrogens is 282 g/mol. The van der Waals surface area contributed by atoms with Crippen LogP contribution in [0.1, 0.15) is 23.2 Å². The van der Waals surface area contributed by atoms with Crippen molar-refractivity contribution in [1.29, 1.82) is 0 Å². The second kappa shape index (κ2) is 5.06. The highest BCUT2D eigenvalue weighted by Crippen LogP contribution is 2.34. The maximum Gasteiger partial charge on any atom is 0.250 e. The molecule has 0 aliphatic heterocycles. The number of carbonyl (C=O) groups is 1. The lowest BCUT2D eigenvalue weighted by atomic mass is 10.1. The van der Waals surface area contributed by atoms with Gasteiger partial charge in [0.2, 0.25) is 0 Å². The van der Waals surface area contributed by atoms with Crippen LogP contribution in [0, 0.1) is 5.92 Å². The first-order valence-corrected chi connectivity index (χ1v) is 6.47. The molecule has 0 saturated heterocycles. The minimum absolute atomic E-state index is 0.231. The molecule has 1 aliphatic rings. The van der Waals surface area contributed by atoms with E-state index in [0.717, 1.165) is 10.2 Å². The Balaban J connectivity index is 2.21. The molecule has 0 bridgehead atoms. The normalized spacial score (nSPS) is 16.6. The number of carbonyl (C=O) groups excluding carboxylic acids is 1. The number of rotatable bonds is 5. The zero-order valence-corrected chi connectivity index (χ0v) is 11.0. The number of halogens is 1. The Morgan fingerprint density at radius 2 is 2.24 bits per heavy atom. The van der Waals surface area contributed by atoms with Gasteiger partial charge in [-0.2, -0.15) is 0 Å². The summed E-state index contributed by atoms with van der Waals surface area (Å²) in [5.41, 5.74) is 12.4. The summed E-state index contributed by atoms with van der Waals surface area (Å²) in [6.45, 7) is 0.568. The van der Waals surface area contributed by atoms with Gasteiger partial charge in [-0.3, -0.25) is 4.79 Å². The standard InChI is InChI=1S/C12H16BrN3O/c13-8-3-4-10(9(5-8)12(15)17)16-11(6-14)7-1-2-7/h3-5,7,11,16H,1-2,6,14H2,(H2,15,17). The number of hydrogen-bond donors (Lipinski definition) is 3. The van der Waals surface area contributed by atoms with Crippen LogP contribution < -0.4 is 16.8 Å². The summed E-state index contributed by atoms with van der Waals surface area (Å²) in [5.74, 6) is 0.199. The van der Waals surface area contributed by atoms with Gasteiger partial charge in [-0.05, 0) is 37.0 Å². The third kappa shape index (κ3) is 2.98. The number of benzene rings is 1. The van der Waals surface area contributed by atoms with Crippen LogP contribution in [0.5, 0.6) is 0 Å². The van der Waals surface area contributed by atoms with Gasteiger partial charge < -0.3 is 16.8 Å². The predicted molar refractivity (Wildman–Crippen MR) is 71.8 cm³/mol. The molecular formula is C12H16BrN3O. The van der Waals surface area contributed by atoms with Crippen molar-refractivity contribution in [2.24, 2.45) is 17.4 Å². The molecule has 5 N–H and O–H groups in total. The highest BCUT2D eigenvalue weighted by molar-refractivity contribution is 9.10. The lowest BCUT2D eigenvalue weighted by Gasteiger charge is -2.19. The molecule has 1 atom stereocenters. The molecule has 1 aromatic rings. The second-order valence-corrected chi connectivity index (χ2v) is 5.29. The Kier molecular flexibility index (Phi) is 3.69. The Labute approximate surface area is 109 Å². The van der Waals surface area contributed by atoms with Crippen LogP contribution in [0.2, 0.25) is 0 Å². The first-order valence-electron chi connectivity index (χ1n) is 5.67. The Bertz CT molecular complexity index is 432. The Hall–Kier alpha value is -1.07. The van der Waals surface area contributed by atoms with E-state index in [2.05, 4.69) is 21.2 Å². The second-order valence-electron chi connectivity index (χ2n) is 4.38. The van der Waals surface area contributed by atoms with E-state index in [9.17, 15) is 4.79 Å². The average Bonchev–Trinajstić information content (AvgIpc) is 3.11. The van der Waals surface area contributed by atoms with E-state index in [4.69, 9.17) is 11.5 Å². The number of primary amides is 1. The van der Waals surface area contributed by atoms with Gasteiger partial charge in [-0.15, -0.1) is 0 Å². The SMILES string of the molecule is NCC(Nc1ccc(Br)cc1C(N)=O)C1CC1. The summed E-state index contributed by atoms with van der Waals surface area (Å²) >= 11 is 3.33. The van der Waals surface area contributed by atoms with Crippen molar-refractivity contribution in [3.63, 3.8) is 0 Å². The molecule has 4 nitrogen and oxygen atoms in total. The monoisotopic (exact) mass is 297 g/mol. The van der Waals surface area contributed by atoms with Gasteiger partial charge >= 0.3 is 0 Å². The summed E-state index contributed by atoms with van der Waals surface area (Å²) < 4.78 is 0.840. The van der Waals surface area contributed by atoms with E-state index in [0.29, 0.717) is 18.0 Å². The van der Waals surface area contributed by atoms with E-state index in [1.165, 1.54) is 12.8 Å². The highest BCUT2D eigenvalue weighted by atomic mass is 79.9. The molecule has 2 rings (SSSR count). The summed E-state index contributed by atoms with van der Waals surface area (Å²) in [7, 11) is 0. The highest BCUT2D eigenvalue weighted by Gasteiger charge is 2.30. The average molecular weight is 298 g/mol. The van der Waals surface area contributed by atoms with Gasteiger partial charge in [-0.25, -0.2) is 0 Å². The third-order valence-electron chi connectivity index (χ3n) is 3.03. The van der Waals surface area contributed by atoms with Crippen LogP contribution in [0.4, 0.5) is 5.69 Å². The van der Waals surface area contributed by atoms with E-state index < -0.39 is 5.91 Å². The van der Waals surface area contributed by atoms with Crippen LogP contribution in [-0.2, 0) is 0 Å². The molecule has 17 heavy (non-hydrogen) atoms. The fourth-order valence-corrected chi connectivity index (χ4v) is 2.27. The molecule has 0 spiro atoms. The van der Waals surface area contributed by atoms with Crippen molar-refractivity contribution in [3.05, 3.63) is 28.2 Å². The fraction of sp³-hybridized carbons (Fsp3) is 0.417. The molecule has 1 aromatic carbocycles. The maximum atomic E-state index is 11.4.